The van der Waals surface area contributed by atoms with Gasteiger partial charge in [0.2, 0.25) is 0 Å². The highest BCUT2D eigenvalue weighted by molar-refractivity contribution is 7.16. The lowest BCUT2D eigenvalue weighted by Crippen LogP contribution is -2.31. The quantitative estimate of drug-likeness (QED) is 0.805. The Balaban J connectivity index is 1.93. The number of hydrogen-bond acceptors (Lipinski definition) is 3. The van der Waals surface area contributed by atoms with Crippen molar-refractivity contribution in [1.82, 2.24) is 10.2 Å². The molecule has 1 atom stereocenters. The lowest BCUT2D eigenvalue weighted by atomic mass is 9.66. The molecule has 0 amide bonds. The Morgan fingerprint density at radius 2 is 2.13 bits per heavy atom. The van der Waals surface area contributed by atoms with Gasteiger partial charge in [0.1, 0.15) is 0 Å². The lowest BCUT2D eigenvalue weighted by molar-refractivity contribution is -0.118. The number of thiophene rings is 1. The topological polar surface area (TPSA) is 45.8 Å². The average Bonchev–Trinajstić information content (AvgIpc) is 3.02. The molecule has 1 unspecified atom stereocenters. The van der Waals surface area contributed by atoms with E-state index in [0.717, 1.165) is 39.0 Å². The Labute approximate surface area is 144 Å². The van der Waals surface area contributed by atoms with E-state index in [2.05, 4.69) is 30.1 Å². The van der Waals surface area contributed by atoms with E-state index in [1.807, 2.05) is 13.0 Å². The van der Waals surface area contributed by atoms with E-state index in [0.29, 0.717) is 6.42 Å². The minimum absolute atomic E-state index is 0.00593. The summed E-state index contributed by atoms with van der Waals surface area (Å²) in [5, 5.41) is 7.62. The maximum atomic E-state index is 13.0. The van der Waals surface area contributed by atoms with E-state index in [1.54, 1.807) is 11.3 Å². The van der Waals surface area contributed by atoms with Gasteiger partial charge in [-0.1, -0.05) is 31.0 Å². The zero-order valence-electron chi connectivity index (χ0n) is 13.5. The number of aromatic nitrogens is 2. The van der Waals surface area contributed by atoms with Gasteiger partial charge in [0, 0.05) is 34.5 Å². The molecule has 0 aliphatic heterocycles. The summed E-state index contributed by atoms with van der Waals surface area (Å²) in [6.07, 6.45) is 2.38. The monoisotopic (exact) mass is 346 g/mol. The first-order chi connectivity index (χ1) is 10.9. The summed E-state index contributed by atoms with van der Waals surface area (Å²) < 4.78 is 0.763. The van der Waals surface area contributed by atoms with Crippen molar-refractivity contribution in [3.63, 3.8) is 0 Å². The number of ketones is 1. The van der Waals surface area contributed by atoms with Crippen LogP contribution in [0.1, 0.15) is 54.4 Å². The van der Waals surface area contributed by atoms with Gasteiger partial charge in [-0.2, -0.15) is 5.10 Å². The maximum Gasteiger partial charge on any atom is 0.160 e. The van der Waals surface area contributed by atoms with Crippen LogP contribution >= 0.6 is 22.9 Å². The first-order valence-corrected chi connectivity index (χ1v) is 9.09. The third kappa shape index (κ3) is 2.39. The number of nitrogens with zero attached hydrogens (tertiary/aromatic N) is 1. The first-order valence-electron chi connectivity index (χ1n) is 7.90. The number of aromatic amines is 1. The fraction of sp³-hybridized carbons (Fsp3) is 0.444. The molecular weight excluding hydrogens is 328 g/mol. The van der Waals surface area contributed by atoms with Crippen molar-refractivity contribution in [2.24, 2.45) is 5.41 Å². The summed E-state index contributed by atoms with van der Waals surface area (Å²) in [5.41, 5.74) is 5.62. The summed E-state index contributed by atoms with van der Waals surface area (Å²) in [5.74, 6) is 0.283. The molecule has 2 aliphatic carbocycles. The number of rotatable bonds is 1. The van der Waals surface area contributed by atoms with Gasteiger partial charge in [0.25, 0.3) is 0 Å². The Hall–Kier alpha value is -1.39. The van der Waals surface area contributed by atoms with Crippen molar-refractivity contribution < 1.29 is 4.79 Å². The minimum atomic E-state index is -0.00593. The van der Waals surface area contributed by atoms with Crippen LogP contribution in [-0.4, -0.2) is 16.0 Å². The molecule has 5 heteroatoms. The van der Waals surface area contributed by atoms with Crippen molar-refractivity contribution >= 4 is 28.7 Å². The van der Waals surface area contributed by atoms with Crippen LogP contribution in [0.15, 0.2) is 23.3 Å². The maximum absolute atomic E-state index is 13.0. The Bertz CT molecular complexity index is 843. The number of allylic oxidation sites excluding steroid dienone is 2. The van der Waals surface area contributed by atoms with Gasteiger partial charge >= 0.3 is 0 Å². The van der Waals surface area contributed by atoms with Crippen molar-refractivity contribution in [2.75, 3.05) is 0 Å². The molecule has 0 radical (unpaired) electrons. The number of carbonyl (C=O) groups excluding carboxylic acids is 1. The molecule has 2 aromatic rings. The standard InChI is InChI=1S/C18H19ClN2OS/c1-9-15-11(21-20-9)6-10-7-18(2,3)8-12(22)16(10)17(15)13-4-5-14(19)23-13/h4-5,17H,6-8H2,1-3H3,(H,20,21). The van der Waals surface area contributed by atoms with Gasteiger partial charge in [-0.15, -0.1) is 11.3 Å². The Morgan fingerprint density at radius 3 is 2.83 bits per heavy atom. The number of carbonyl (C=O) groups is 1. The van der Waals surface area contributed by atoms with Crippen LogP contribution in [0.25, 0.3) is 0 Å². The van der Waals surface area contributed by atoms with E-state index in [4.69, 9.17) is 11.6 Å². The van der Waals surface area contributed by atoms with Crippen LogP contribution in [-0.2, 0) is 11.2 Å². The fourth-order valence-corrected chi connectivity index (χ4v) is 5.29. The molecule has 23 heavy (non-hydrogen) atoms. The highest BCUT2D eigenvalue weighted by Crippen LogP contribution is 2.50. The number of halogens is 1. The average molecular weight is 347 g/mol. The lowest BCUT2D eigenvalue weighted by Gasteiger charge is -2.37. The van der Waals surface area contributed by atoms with Crippen LogP contribution in [0.3, 0.4) is 0 Å². The van der Waals surface area contributed by atoms with Crippen LogP contribution in [0.2, 0.25) is 4.34 Å². The van der Waals surface area contributed by atoms with Gasteiger partial charge in [0.05, 0.1) is 15.9 Å². The van der Waals surface area contributed by atoms with Crippen molar-refractivity contribution in [3.05, 3.63) is 49.4 Å². The number of H-pyrrole nitrogens is 1. The second-order valence-electron chi connectivity index (χ2n) is 7.42. The third-order valence-corrected chi connectivity index (χ3v) is 6.22. The molecule has 0 spiro atoms. The largest absolute Gasteiger partial charge is 0.294 e. The second-order valence-corrected chi connectivity index (χ2v) is 9.17. The smallest absolute Gasteiger partial charge is 0.160 e. The number of fused-ring (bicyclic) bond motifs is 1. The van der Waals surface area contributed by atoms with Gasteiger partial charge in [0.15, 0.2) is 5.78 Å². The van der Waals surface area contributed by atoms with Crippen molar-refractivity contribution in [2.45, 2.75) is 46.0 Å². The second kappa shape index (κ2) is 5.05. The molecule has 0 saturated carbocycles. The summed E-state index contributed by atoms with van der Waals surface area (Å²) in [6, 6.07) is 3.97. The number of aryl methyl sites for hydroxylation is 1. The molecule has 2 aliphatic rings. The van der Waals surface area contributed by atoms with Crippen LogP contribution in [0.5, 0.6) is 0 Å². The Kier molecular flexibility index (Phi) is 3.33. The van der Waals surface area contributed by atoms with E-state index in [1.165, 1.54) is 11.1 Å². The molecule has 2 heterocycles. The van der Waals surface area contributed by atoms with E-state index >= 15 is 0 Å². The fourth-order valence-electron chi connectivity index (χ4n) is 4.11. The predicted molar refractivity (Wildman–Crippen MR) is 93.2 cm³/mol. The molecule has 0 aromatic carbocycles. The van der Waals surface area contributed by atoms with Gasteiger partial charge in [-0.05, 0) is 30.9 Å². The van der Waals surface area contributed by atoms with E-state index in [-0.39, 0.29) is 17.1 Å². The van der Waals surface area contributed by atoms with Gasteiger partial charge in [-0.25, -0.2) is 0 Å². The molecule has 120 valence electrons. The first kappa shape index (κ1) is 15.2. The molecular formula is C18H19ClN2OS. The number of Topliss-reactive ketones (excluding diaryl/α,β-unsaturated/α-hetero) is 1. The summed E-state index contributed by atoms with van der Waals surface area (Å²) in [4.78, 5) is 14.1. The van der Waals surface area contributed by atoms with Crippen molar-refractivity contribution in [3.8, 4) is 0 Å². The summed E-state index contributed by atoms with van der Waals surface area (Å²) in [7, 11) is 0. The SMILES string of the molecule is Cc1[nH]nc2c1C(c1ccc(Cl)s1)C1=C(C2)CC(C)(C)CC1=O. The number of nitrogens with one attached hydrogen (secondary N) is 1. The molecule has 0 bridgehead atoms. The minimum Gasteiger partial charge on any atom is -0.294 e. The molecule has 4 rings (SSSR count). The van der Waals surface area contributed by atoms with Crippen molar-refractivity contribution in [1.29, 1.82) is 0 Å². The number of hydrogen-bond donors (Lipinski definition) is 1. The molecule has 1 N–H and O–H groups in total. The molecule has 0 fully saturated rings. The van der Waals surface area contributed by atoms with Gasteiger partial charge < -0.3 is 0 Å². The predicted octanol–water partition coefficient (Wildman–Crippen LogP) is 4.81. The molecule has 0 saturated heterocycles. The van der Waals surface area contributed by atoms with Crippen LogP contribution < -0.4 is 0 Å². The summed E-state index contributed by atoms with van der Waals surface area (Å²) in [6.45, 7) is 6.39. The highest BCUT2D eigenvalue weighted by atomic mass is 35.5. The molecule has 2 aromatic heterocycles. The van der Waals surface area contributed by atoms with Gasteiger partial charge in [-0.3, -0.25) is 9.89 Å². The van der Waals surface area contributed by atoms with E-state index in [9.17, 15) is 4.79 Å². The highest BCUT2D eigenvalue weighted by Gasteiger charge is 2.42. The summed E-state index contributed by atoms with van der Waals surface area (Å²) >= 11 is 7.74. The normalized spacial score (nSPS) is 23.0. The Morgan fingerprint density at radius 1 is 1.35 bits per heavy atom. The van der Waals surface area contributed by atoms with Crippen LogP contribution in [0, 0.1) is 12.3 Å². The molecule has 3 nitrogen and oxygen atoms in total. The third-order valence-electron chi connectivity index (χ3n) is 4.92. The van der Waals surface area contributed by atoms with Crippen LogP contribution in [0.4, 0.5) is 0 Å². The zero-order valence-corrected chi connectivity index (χ0v) is 15.1. The van der Waals surface area contributed by atoms with E-state index < -0.39 is 0 Å². The zero-order chi connectivity index (χ0) is 16.4.